The fourth-order valence-corrected chi connectivity index (χ4v) is 2.83. The average molecular weight is 334 g/mol. The van der Waals surface area contributed by atoms with E-state index >= 15 is 0 Å². The molecule has 0 atom stereocenters. The van der Waals surface area contributed by atoms with Crippen LogP contribution in [-0.2, 0) is 0 Å². The predicted octanol–water partition coefficient (Wildman–Crippen LogP) is 4.34. The fourth-order valence-electron chi connectivity index (χ4n) is 2.83. The van der Waals surface area contributed by atoms with Crippen LogP contribution in [-0.4, -0.2) is 27.1 Å². The maximum absolute atomic E-state index is 5.67. The molecule has 6 nitrogen and oxygen atoms in total. The van der Waals surface area contributed by atoms with Gasteiger partial charge in [-0.3, -0.25) is 0 Å². The number of hydrogen-bond acceptors (Lipinski definition) is 5. The van der Waals surface area contributed by atoms with Crippen molar-refractivity contribution in [3.05, 3.63) is 48.7 Å². The molecule has 2 heterocycles. The lowest BCUT2D eigenvalue weighted by molar-refractivity contribution is 0.414. The molecular formula is C19H18N4O2. The van der Waals surface area contributed by atoms with Crippen molar-refractivity contribution in [3.8, 4) is 28.5 Å². The van der Waals surface area contributed by atoms with Crippen LogP contribution in [0, 0.1) is 0 Å². The van der Waals surface area contributed by atoms with Crippen molar-refractivity contribution < 1.29 is 9.15 Å². The Balaban J connectivity index is 1.74. The van der Waals surface area contributed by atoms with Crippen molar-refractivity contribution in [2.45, 2.75) is 19.9 Å². The first kappa shape index (κ1) is 15.4. The summed E-state index contributed by atoms with van der Waals surface area (Å²) in [5.74, 6) is 1.25. The molecule has 4 aromatic rings. The van der Waals surface area contributed by atoms with Crippen LogP contribution in [0.3, 0.4) is 0 Å². The summed E-state index contributed by atoms with van der Waals surface area (Å²) in [6.07, 6.45) is 1.65. The Labute approximate surface area is 145 Å². The van der Waals surface area contributed by atoms with Gasteiger partial charge in [0, 0.05) is 11.6 Å². The van der Waals surface area contributed by atoms with Gasteiger partial charge in [-0.1, -0.05) is 23.4 Å². The van der Waals surface area contributed by atoms with Crippen LogP contribution in [0.1, 0.15) is 19.9 Å². The molecular weight excluding hydrogens is 316 g/mol. The first-order valence-electron chi connectivity index (χ1n) is 8.11. The first-order valence-corrected chi connectivity index (χ1v) is 8.11. The SMILES string of the molecule is COc1ccccc1-c1nc(-c2ccc3c(c2)nnn3C(C)C)co1. The molecule has 126 valence electrons. The van der Waals surface area contributed by atoms with Crippen molar-refractivity contribution in [1.29, 1.82) is 0 Å². The Morgan fingerprint density at radius 3 is 2.76 bits per heavy atom. The summed E-state index contributed by atoms with van der Waals surface area (Å²) in [4.78, 5) is 4.61. The molecule has 4 rings (SSSR count). The van der Waals surface area contributed by atoms with Gasteiger partial charge in [0.2, 0.25) is 5.89 Å². The summed E-state index contributed by atoms with van der Waals surface area (Å²) in [6, 6.07) is 13.9. The second-order valence-corrected chi connectivity index (χ2v) is 6.07. The van der Waals surface area contributed by atoms with Crippen LogP contribution in [0.4, 0.5) is 0 Å². The Morgan fingerprint density at radius 1 is 1.12 bits per heavy atom. The van der Waals surface area contributed by atoms with Crippen molar-refractivity contribution in [2.75, 3.05) is 7.11 Å². The summed E-state index contributed by atoms with van der Waals surface area (Å²) < 4.78 is 13.0. The van der Waals surface area contributed by atoms with E-state index < -0.39 is 0 Å². The second-order valence-electron chi connectivity index (χ2n) is 6.07. The van der Waals surface area contributed by atoms with E-state index in [2.05, 4.69) is 29.1 Å². The Hall–Kier alpha value is -3.15. The number of methoxy groups -OCH3 is 1. The van der Waals surface area contributed by atoms with Gasteiger partial charge in [-0.05, 0) is 38.1 Å². The molecule has 2 aromatic heterocycles. The third-order valence-corrected chi connectivity index (χ3v) is 4.10. The number of nitrogens with zero attached hydrogens (tertiary/aromatic N) is 4. The maximum Gasteiger partial charge on any atom is 0.230 e. The minimum absolute atomic E-state index is 0.264. The van der Waals surface area contributed by atoms with E-state index in [4.69, 9.17) is 9.15 Å². The van der Waals surface area contributed by atoms with E-state index in [0.29, 0.717) is 5.89 Å². The molecule has 25 heavy (non-hydrogen) atoms. The zero-order valence-electron chi connectivity index (χ0n) is 14.3. The summed E-state index contributed by atoms with van der Waals surface area (Å²) in [6.45, 7) is 4.17. The lowest BCUT2D eigenvalue weighted by atomic mass is 10.1. The van der Waals surface area contributed by atoms with E-state index in [1.807, 2.05) is 47.1 Å². The zero-order chi connectivity index (χ0) is 17.4. The molecule has 0 N–H and O–H groups in total. The van der Waals surface area contributed by atoms with Crippen molar-refractivity contribution in [3.63, 3.8) is 0 Å². The topological polar surface area (TPSA) is 66.0 Å². The number of para-hydroxylation sites is 1. The zero-order valence-corrected chi connectivity index (χ0v) is 14.3. The molecule has 0 amide bonds. The van der Waals surface area contributed by atoms with Gasteiger partial charge < -0.3 is 9.15 Å². The average Bonchev–Trinajstić information content (AvgIpc) is 3.28. The highest BCUT2D eigenvalue weighted by Gasteiger charge is 2.14. The quantitative estimate of drug-likeness (QED) is 0.555. The van der Waals surface area contributed by atoms with Gasteiger partial charge >= 0.3 is 0 Å². The monoisotopic (exact) mass is 334 g/mol. The predicted molar refractivity (Wildman–Crippen MR) is 95.4 cm³/mol. The van der Waals surface area contributed by atoms with Crippen LogP contribution >= 0.6 is 0 Å². The van der Waals surface area contributed by atoms with Crippen molar-refractivity contribution in [2.24, 2.45) is 0 Å². The van der Waals surface area contributed by atoms with Gasteiger partial charge in [0.05, 0.1) is 18.2 Å². The van der Waals surface area contributed by atoms with E-state index in [1.54, 1.807) is 13.4 Å². The Bertz CT molecular complexity index is 1030. The highest BCUT2D eigenvalue weighted by Crippen LogP contribution is 2.31. The van der Waals surface area contributed by atoms with Gasteiger partial charge in [-0.15, -0.1) is 5.10 Å². The molecule has 0 saturated carbocycles. The smallest absolute Gasteiger partial charge is 0.230 e. The normalized spacial score (nSPS) is 11.4. The third kappa shape index (κ3) is 2.65. The van der Waals surface area contributed by atoms with Crippen LogP contribution in [0.25, 0.3) is 33.7 Å². The van der Waals surface area contributed by atoms with E-state index in [1.165, 1.54) is 0 Å². The van der Waals surface area contributed by atoms with Gasteiger partial charge in [-0.25, -0.2) is 9.67 Å². The summed E-state index contributed by atoms with van der Waals surface area (Å²) in [7, 11) is 1.63. The molecule has 0 saturated heterocycles. The number of fused-ring (bicyclic) bond motifs is 1. The van der Waals surface area contributed by atoms with E-state index in [0.717, 1.165) is 33.6 Å². The maximum atomic E-state index is 5.67. The van der Waals surface area contributed by atoms with Crippen LogP contribution in [0.5, 0.6) is 5.75 Å². The number of benzene rings is 2. The van der Waals surface area contributed by atoms with Gasteiger partial charge in [0.1, 0.15) is 23.2 Å². The summed E-state index contributed by atoms with van der Waals surface area (Å²) in [5.41, 5.74) is 4.36. The molecule has 0 spiro atoms. The standard InChI is InChI=1S/C19H18N4O2/c1-12(2)23-17-9-8-13(10-15(17)21-22-23)16-11-25-19(20-16)14-6-4-5-7-18(14)24-3/h4-12H,1-3H3. The van der Waals surface area contributed by atoms with Crippen molar-refractivity contribution in [1.82, 2.24) is 20.0 Å². The van der Waals surface area contributed by atoms with E-state index in [-0.39, 0.29) is 6.04 Å². The highest BCUT2D eigenvalue weighted by atomic mass is 16.5. The Morgan fingerprint density at radius 2 is 1.96 bits per heavy atom. The van der Waals surface area contributed by atoms with Gasteiger partial charge in [0.25, 0.3) is 0 Å². The molecule has 0 aliphatic heterocycles. The number of hydrogen-bond donors (Lipinski definition) is 0. The van der Waals surface area contributed by atoms with E-state index in [9.17, 15) is 0 Å². The lowest BCUT2D eigenvalue weighted by Gasteiger charge is -2.05. The minimum atomic E-state index is 0.264. The van der Waals surface area contributed by atoms with Crippen LogP contribution < -0.4 is 4.74 Å². The Kier molecular flexibility index (Phi) is 3.72. The molecule has 0 unspecified atom stereocenters. The number of rotatable bonds is 4. The molecule has 0 bridgehead atoms. The van der Waals surface area contributed by atoms with Gasteiger partial charge in [-0.2, -0.15) is 0 Å². The summed E-state index contributed by atoms with van der Waals surface area (Å²) in [5, 5.41) is 8.46. The molecule has 0 aliphatic rings. The number of oxazole rings is 1. The summed E-state index contributed by atoms with van der Waals surface area (Å²) >= 11 is 0. The fraction of sp³-hybridized carbons (Fsp3) is 0.211. The van der Waals surface area contributed by atoms with Crippen LogP contribution in [0.15, 0.2) is 53.1 Å². The lowest BCUT2D eigenvalue weighted by Crippen LogP contribution is -2.02. The molecule has 6 heteroatoms. The second kappa shape index (κ2) is 6.05. The number of ether oxygens (including phenoxy) is 1. The first-order chi connectivity index (χ1) is 12.2. The third-order valence-electron chi connectivity index (χ3n) is 4.10. The molecule has 2 aromatic carbocycles. The largest absolute Gasteiger partial charge is 0.496 e. The highest BCUT2D eigenvalue weighted by molar-refractivity contribution is 5.81. The molecule has 0 aliphatic carbocycles. The molecule has 0 fully saturated rings. The molecule has 0 radical (unpaired) electrons. The minimum Gasteiger partial charge on any atom is -0.496 e. The van der Waals surface area contributed by atoms with Crippen molar-refractivity contribution >= 4 is 11.0 Å². The van der Waals surface area contributed by atoms with Gasteiger partial charge in [0.15, 0.2) is 0 Å². The van der Waals surface area contributed by atoms with Crippen LogP contribution in [0.2, 0.25) is 0 Å². The number of aromatic nitrogens is 4.